The van der Waals surface area contributed by atoms with Crippen LogP contribution in [0.25, 0.3) is 0 Å². The zero-order valence-corrected chi connectivity index (χ0v) is 42.7. The molecule has 66 heavy (non-hydrogen) atoms. The normalized spacial score (nSPS) is 13.3. The van der Waals surface area contributed by atoms with Gasteiger partial charge < -0.3 is 14.2 Å². The van der Waals surface area contributed by atoms with E-state index in [4.69, 9.17) is 14.2 Å². The molecule has 1 atom stereocenters. The predicted octanol–water partition coefficient (Wildman–Crippen LogP) is 18.3. The maximum atomic E-state index is 12.7. The summed E-state index contributed by atoms with van der Waals surface area (Å²) in [5.74, 6) is -0.698. The summed E-state index contributed by atoms with van der Waals surface area (Å²) in [5, 5.41) is 0. The molecule has 0 saturated carbocycles. The fourth-order valence-corrected chi connectivity index (χ4v) is 6.83. The van der Waals surface area contributed by atoms with E-state index >= 15 is 0 Å². The third-order valence-corrected chi connectivity index (χ3v) is 10.7. The molecule has 0 heterocycles. The zero-order valence-electron chi connectivity index (χ0n) is 42.7. The molecule has 0 spiro atoms. The smallest absolute Gasteiger partial charge is 0.310 e. The lowest BCUT2D eigenvalue weighted by Gasteiger charge is -2.18. The second kappa shape index (κ2) is 55.4. The monoisotopic (exact) mass is 911 g/mol. The number of carbonyl (C=O) groups is 2. The van der Waals surface area contributed by atoms with Crippen molar-refractivity contribution in [1.29, 1.82) is 0 Å². The first-order valence-corrected chi connectivity index (χ1v) is 26.7. The highest BCUT2D eigenvalue weighted by molar-refractivity contribution is 5.72. The van der Waals surface area contributed by atoms with Crippen molar-refractivity contribution in [3.05, 3.63) is 134 Å². The summed E-state index contributed by atoms with van der Waals surface area (Å²) in [5.41, 5.74) is 0. The van der Waals surface area contributed by atoms with E-state index in [-0.39, 0.29) is 38.0 Å². The Morgan fingerprint density at radius 1 is 0.348 bits per heavy atom. The molecule has 0 aliphatic heterocycles. The van der Waals surface area contributed by atoms with Gasteiger partial charge in [-0.15, -0.1) is 0 Å². The van der Waals surface area contributed by atoms with Crippen molar-refractivity contribution in [2.75, 3.05) is 19.8 Å². The molecule has 0 aliphatic rings. The molecule has 5 nitrogen and oxygen atoms in total. The molecule has 0 rings (SSSR count). The second-order valence-electron chi connectivity index (χ2n) is 17.0. The number of unbranched alkanes of at least 4 members (excludes halogenated alkanes) is 16. The van der Waals surface area contributed by atoms with E-state index in [1.54, 1.807) is 0 Å². The average molecular weight is 911 g/mol. The highest BCUT2D eigenvalue weighted by Gasteiger charge is 2.17. The highest BCUT2D eigenvalue weighted by atomic mass is 16.6. The second-order valence-corrected chi connectivity index (χ2v) is 17.0. The van der Waals surface area contributed by atoms with Crippen LogP contribution in [0.3, 0.4) is 0 Å². The van der Waals surface area contributed by atoms with Crippen LogP contribution >= 0.6 is 0 Å². The van der Waals surface area contributed by atoms with E-state index in [0.717, 1.165) is 77.0 Å². The largest absolute Gasteiger partial charge is 0.461 e. The first kappa shape index (κ1) is 62.0. The van der Waals surface area contributed by atoms with Crippen LogP contribution in [0.2, 0.25) is 0 Å². The summed E-state index contributed by atoms with van der Waals surface area (Å²) in [6.45, 7) is 7.37. The minimum Gasteiger partial charge on any atom is -0.461 e. The Kier molecular flexibility index (Phi) is 52.0. The number of carbonyl (C=O) groups excluding carboxylic acids is 2. The van der Waals surface area contributed by atoms with Gasteiger partial charge in [0.1, 0.15) is 6.61 Å². The van der Waals surface area contributed by atoms with Gasteiger partial charge in [0, 0.05) is 6.61 Å². The van der Waals surface area contributed by atoms with Crippen molar-refractivity contribution in [3.8, 4) is 0 Å². The molecule has 0 fully saturated rings. The first-order valence-electron chi connectivity index (χ1n) is 26.7. The van der Waals surface area contributed by atoms with Crippen molar-refractivity contribution >= 4 is 11.9 Å². The molecular formula is C61H98O5. The standard InChI is InChI=1S/C61H98O5/c1-4-7-10-13-16-19-22-25-28-29-30-31-32-35-38-41-44-47-50-53-56-64-57-59(66-61(63)55-52-49-46-43-40-37-34-27-24-21-18-15-12-9-6-3)58-65-60(62)54-51-48-45-42-39-36-33-26-23-20-17-14-11-8-5-2/h8-9,11-12,17-18,20-21,25-28,33-34,39-40,42-43,48-49,51-52,59H,4-7,10,13-16,19,22-24,29-32,35-38,41,44-47,50,53-58H2,1-3H3/b11-8-,12-9-,20-17-,21-18-,28-25-,33-26-,34-27-,42-39-,43-40-,51-48-,52-49-. The molecule has 0 aromatic rings. The van der Waals surface area contributed by atoms with Gasteiger partial charge in [0.2, 0.25) is 0 Å². The van der Waals surface area contributed by atoms with Crippen LogP contribution in [-0.4, -0.2) is 37.9 Å². The van der Waals surface area contributed by atoms with Gasteiger partial charge in [-0.2, -0.15) is 0 Å². The fraction of sp³-hybridized carbons (Fsp3) is 0.607. The van der Waals surface area contributed by atoms with Crippen LogP contribution in [0.5, 0.6) is 0 Å². The molecule has 0 bridgehead atoms. The molecule has 1 unspecified atom stereocenters. The minimum absolute atomic E-state index is 0.0170. The molecule has 0 aliphatic carbocycles. The lowest BCUT2D eigenvalue weighted by Crippen LogP contribution is -2.29. The van der Waals surface area contributed by atoms with Gasteiger partial charge in [0.05, 0.1) is 19.4 Å². The lowest BCUT2D eigenvalue weighted by molar-refractivity contribution is -0.161. The number of allylic oxidation sites excluding steroid dienone is 20. The Labute approximate surface area is 407 Å². The third-order valence-electron chi connectivity index (χ3n) is 10.7. The molecule has 0 aromatic heterocycles. The van der Waals surface area contributed by atoms with Crippen molar-refractivity contribution in [1.82, 2.24) is 0 Å². The average Bonchev–Trinajstić information content (AvgIpc) is 3.32. The molecule has 5 heteroatoms. The highest BCUT2D eigenvalue weighted by Crippen LogP contribution is 2.13. The molecule has 0 aromatic carbocycles. The van der Waals surface area contributed by atoms with Crippen LogP contribution < -0.4 is 0 Å². The van der Waals surface area contributed by atoms with E-state index in [0.29, 0.717) is 6.61 Å². The lowest BCUT2D eigenvalue weighted by atomic mass is 10.1. The van der Waals surface area contributed by atoms with Crippen LogP contribution in [0.15, 0.2) is 134 Å². The summed E-state index contributed by atoms with van der Waals surface area (Å²) in [4.78, 5) is 25.3. The Morgan fingerprint density at radius 2 is 0.682 bits per heavy atom. The summed E-state index contributed by atoms with van der Waals surface area (Å²) >= 11 is 0. The van der Waals surface area contributed by atoms with Crippen LogP contribution in [0.4, 0.5) is 0 Å². The molecular weight excluding hydrogens is 813 g/mol. The van der Waals surface area contributed by atoms with Gasteiger partial charge in [-0.25, -0.2) is 0 Å². The first-order chi connectivity index (χ1) is 32.6. The Morgan fingerprint density at radius 3 is 1.08 bits per heavy atom. The number of rotatable bonds is 47. The van der Waals surface area contributed by atoms with E-state index in [9.17, 15) is 9.59 Å². The topological polar surface area (TPSA) is 61.8 Å². The zero-order chi connectivity index (χ0) is 47.7. The number of hydrogen-bond acceptors (Lipinski definition) is 5. The molecule has 0 saturated heterocycles. The summed E-state index contributed by atoms with van der Waals surface area (Å²) in [6, 6.07) is 0. The van der Waals surface area contributed by atoms with E-state index in [1.807, 2.05) is 24.3 Å². The van der Waals surface area contributed by atoms with Crippen molar-refractivity contribution < 1.29 is 23.8 Å². The Balaban J connectivity index is 4.48. The predicted molar refractivity (Wildman–Crippen MR) is 288 cm³/mol. The van der Waals surface area contributed by atoms with Crippen LogP contribution in [0, 0.1) is 0 Å². The summed E-state index contributed by atoms with van der Waals surface area (Å²) in [7, 11) is 0. The number of esters is 2. The molecule has 372 valence electrons. The number of ether oxygens (including phenoxy) is 3. The third kappa shape index (κ3) is 52.7. The van der Waals surface area contributed by atoms with Crippen LogP contribution in [0.1, 0.15) is 213 Å². The van der Waals surface area contributed by atoms with E-state index in [1.165, 1.54) is 103 Å². The van der Waals surface area contributed by atoms with Gasteiger partial charge in [-0.3, -0.25) is 9.59 Å². The molecule has 0 amide bonds. The van der Waals surface area contributed by atoms with Gasteiger partial charge in [-0.05, 0) is 96.3 Å². The quantitative estimate of drug-likeness (QED) is 0.0346. The molecule has 0 radical (unpaired) electrons. The van der Waals surface area contributed by atoms with E-state index in [2.05, 4.69) is 130 Å². The van der Waals surface area contributed by atoms with Gasteiger partial charge in [-0.1, -0.05) is 238 Å². The fourth-order valence-electron chi connectivity index (χ4n) is 6.83. The number of hydrogen-bond donors (Lipinski definition) is 0. The Hall–Kier alpha value is -3.96. The van der Waals surface area contributed by atoms with Crippen molar-refractivity contribution in [3.63, 3.8) is 0 Å². The molecule has 0 N–H and O–H groups in total. The maximum Gasteiger partial charge on any atom is 0.310 e. The summed E-state index contributed by atoms with van der Waals surface area (Å²) in [6.07, 6.45) is 79.5. The SMILES string of the molecule is CC/C=C\C/C=C\C/C=C\C/C=C\C/C=C\CC(=O)OCC(COCCCCCCCCCCCC/C=C\CCCCCCCC)OC(=O)C/C=C\C/C=C\C/C=C\C/C=C\C/C=C\CC. The van der Waals surface area contributed by atoms with Gasteiger partial charge in [0.25, 0.3) is 0 Å². The van der Waals surface area contributed by atoms with E-state index < -0.39 is 6.10 Å². The Bertz CT molecular complexity index is 1400. The minimum atomic E-state index is -0.640. The van der Waals surface area contributed by atoms with Gasteiger partial charge in [0.15, 0.2) is 6.10 Å². The van der Waals surface area contributed by atoms with Gasteiger partial charge >= 0.3 is 11.9 Å². The van der Waals surface area contributed by atoms with Crippen LogP contribution in [-0.2, 0) is 23.8 Å². The van der Waals surface area contributed by atoms with Crippen molar-refractivity contribution in [2.45, 2.75) is 219 Å². The summed E-state index contributed by atoms with van der Waals surface area (Å²) < 4.78 is 17.2. The maximum absolute atomic E-state index is 12.7. The van der Waals surface area contributed by atoms with Crippen molar-refractivity contribution in [2.24, 2.45) is 0 Å².